The molecule has 6 heteroatoms. The molecular weight excluding hydrogens is 304 g/mol. The molecule has 0 saturated carbocycles. The van der Waals surface area contributed by atoms with Crippen LogP contribution in [-0.2, 0) is 6.42 Å². The molecule has 1 unspecified atom stereocenters. The Hall–Kier alpha value is -2.31. The third-order valence-electron chi connectivity index (χ3n) is 4.78. The first kappa shape index (κ1) is 15.2. The summed E-state index contributed by atoms with van der Waals surface area (Å²) in [6.07, 6.45) is 4.46. The Balaban J connectivity index is 1.75. The van der Waals surface area contributed by atoms with Crippen LogP contribution in [-0.4, -0.2) is 52.6 Å². The van der Waals surface area contributed by atoms with Gasteiger partial charge in [-0.2, -0.15) is 0 Å². The van der Waals surface area contributed by atoms with Crippen LogP contribution in [0.4, 0.5) is 0 Å². The third-order valence-corrected chi connectivity index (χ3v) is 4.78. The molecule has 3 heterocycles. The largest absolute Gasteiger partial charge is 0.464 e. The number of hydrogen-bond donors (Lipinski definition) is 1. The van der Waals surface area contributed by atoms with Crippen LogP contribution in [0.2, 0.25) is 0 Å². The molecule has 0 spiro atoms. The molecule has 1 fully saturated rings. The van der Waals surface area contributed by atoms with E-state index in [0.717, 1.165) is 43.9 Å². The minimum atomic E-state index is -0.981. The summed E-state index contributed by atoms with van der Waals surface area (Å²) < 4.78 is 6.36. The van der Waals surface area contributed by atoms with Crippen LogP contribution >= 0.6 is 0 Å². The van der Waals surface area contributed by atoms with Crippen molar-refractivity contribution in [2.24, 2.45) is 0 Å². The number of fused-ring (bicyclic) bond motifs is 1. The van der Waals surface area contributed by atoms with E-state index in [-0.39, 0.29) is 5.78 Å². The molecule has 0 amide bonds. The topological polar surface area (TPSA) is 67.4 Å². The summed E-state index contributed by atoms with van der Waals surface area (Å²) in [5, 5.41) is 3.33. The number of carbonyl (C=O) groups excluding carboxylic acids is 1. The van der Waals surface area contributed by atoms with E-state index in [1.807, 2.05) is 18.2 Å². The van der Waals surface area contributed by atoms with Gasteiger partial charge in [0.2, 0.25) is 11.5 Å². The summed E-state index contributed by atoms with van der Waals surface area (Å²) in [6.45, 7) is 3.26. The van der Waals surface area contributed by atoms with Gasteiger partial charge in [-0.25, -0.2) is 9.97 Å². The molecule has 124 valence electrons. The Kier molecular flexibility index (Phi) is 4.00. The molecule has 24 heavy (non-hydrogen) atoms. The molecule has 2 aromatic rings. The van der Waals surface area contributed by atoms with Crippen LogP contribution in [0.25, 0.3) is 0 Å². The smallest absolute Gasteiger partial charge is 0.240 e. The normalized spacial score (nSPS) is 24.0. The zero-order valence-corrected chi connectivity index (χ0v) is 13.4. The fourth-order valence-electron chi connectivity index (χ4n) is 3.52. The number of carbonyl (C=O) groups is 1. The molecule has 1 saturated heterocycles. The standard InChI is InChI=1S/C18H20N4O2/c23-17(15-6-8-20-13-21-15)18(22-11-9-19-10-12-22)7-5-14-3-1-2-4-16(14)24-18/h1-4,6,8,13,19H,5,7,9-12H2. The highest BCUT2D eigenvalue weighted by molar-refractivity contribution is 6.01. The molecule has 1 aromatic carbocycles. The molecular formula is C18H20N4O2. The van der Waals surface area contributed by atoms with Gasteiger partial charge in [0.25, 0.3) is 0 Å². The number of rotatable bonds is 3. The number of nitrogens with one attached hydrogen (secondary N) is 1. The first-order valence-corrected chi connectivity index (χ1v) is 8.33. The lowest BCUT2D eigenvalue weighted by molar-refractivity contribution is -0.0744. The molecule has 6 nitrogen and oxygen atoms in total. The fraction of sp³-hybridized carbons (Fsp3) is 0.389. The summed E-state index contributed by atoms with van der Waals surface area (Å²) >= 11 is 0. The molecule has 0 radical (unpaired) electrons. The maximum Gasteiger partial charge on any atom is 0.240 e. The molecule has 2 aliphatic rings. The van der Waals surface area contributed by atoms with E-state index in [0.29, 0.717) is 12.1 Å². The lowest BCUT2D eigenvalue weighted by atomic mass is 9.91. The highest BCUT2D eigenvalue weighted by Crippen LogP contribution is 2.37. The number of benzene rings is 1. The SMILES string of the molecule is O=C(c1ccncn1)C1(N2CCNCC2)CCc2ccccc2O1. The monoisotopic (exact) mass is 324 g/mol. The van der Waals surface area contributed by atoms with Crippen LogP contribution < -0.4 is 10.1 Å². The maximum absolute atomic E-state index is 13.4. The predicted molar refractivity (Wildman–Crippen MR) is 88.9 cm³/mol. The van der Waals surface area contributed by atoms with Gasteiger partial charge in [0.05, 0.1) is 0 Å². The minimum absolute atomic E-state index is 0.0821. The van der Waals surface area contributed by atoms with Crippen LogP contribution in [0.1, 0.15) is 22.5 Å². The van der Waals surface area contributed by atoms with Crippen molar-refractivity contribution in [3.8, 4) is 5.75 Å². The van der Waals surface area contributed by atoms with Gasteiger partial charge in [-0.05, 0) is 24.1 Å². The summed E-state index contributed by atoms with van der Waals surface area (Å²) in [6, 6.07) is 9.62. The van der Waals surface area contributed by atoms with E-state index in [1.165, 1.54) is 6.33 Å². The summed E-state index contributed by atoms with van der Waals surface area (Å²) in [4.78, 5) is 23.6. The van der Waals surface area contributed by atoms with Crippen LogP contribution in [0.3, 0.4) is 0 Å². The second-order valence-corrected chi connectivity index (χ2v) is 6.15. The van der Waals surface area contributed by atoms with Gasteiger partial charge >= 0.3 is 0 Å². The van der Waals surface area contributed by atoms with Crippen molar-refractivity contribution in [3.05, 3.63) is 54.1 Å². The number of hydrogen-bond acceptors (Lipinski definition) is 6. The van der Waals surface area contributed by atoms with Crippen molar-refractivity contribution in [1.29, 1.82) is 0 Å². The first-order chi connectivity index (χ1) is 11.8. The number of ketones is 1. The Bertz CT molecular complexity index is 731. The lowest BCUT2D eigenvalue weighted by Crippen LogP contribution is -2.64. The summed E-state index contributed by atoms with van der Waals surface area (Å²) in [5.74, 6) is 0.714. The number of nitrogens with zero attached hydrogens (tertiary/aromatic N) is 3. The van der Waals surface area contributed by atoms with Crippen molar-refractivity contribution in [2.45, 2.75) is 18.6 Å². The Labute approximate surface area is 140 Å². The Morgan fingerprint density at radius 2 is 2.04 bits per heavy atom. The highest BCUT2D eigenvalue weighted by Gasteiger charge is 2.49. The van der Waals surface area contributed by atoms with E-state index in [9.17, 15) is 4.79 Å². The summed E-state index contributed by atoms with van der Waals surface area (Å²) in [5.41, 5.74) is 0.576. The summed E-state index contributed by atoms with van der Waals surface area (Å²) in [7, 11) is 0. The van der Waals surface area contributed by atoms with Crippen LogP contribution in [0.5, 0.6) is 5.75 Å². The average Bonchev–Trinajstić information content (AvgIpc) is 2.68. The molecule has 0 bridgehead atoms. The molecule has 1 aromatic heterocycles. The van der Waals surface area contributed by atoms with Gasteiger partial charge in [-0.1, -0.05) is 18.2 Å². The van der Waals surface area contributed by atoms with Crippen molar-refractivity contribution < 1.29 is 9.53 Å². The minimum Gasteiger partial charge on any atom is -0.464 e. The van der Waals surface area contributed by atoms with E-state index in [1.54, 1.807) is 12.3 Å². The predicted octanol–water partition coefficient (Wildman–Crippen LogP) is 1.29. The Morgan fingerprint density at radius 1 is 1.21 bits per heavy atom. The van der Waals surface area contributed by atoms with Crippen LogP contribution in [0.15, 0.2) is 42.9 Å². The molecule has 1 N–H and O–H groups in total. The van der Waals surface area contributed by atoms with Gasteiger partial charge < -0.3 is 10.1 Å². The van der Waals surface area contributed by atoms with Crippen molar-refractivity contribution in [1.82, 2.24) is 20.2 Å². The molecule has 4 rings (SSSR count). The van der Waals surface area contributed by atoms with Gasteiger partial charge in [-0.3, -0.25) is 9.69 Å². The van der Waals surface area contributed by atoms with E-state index < -0.39 is 5.72 Å². The zero-order chi connectivity index (χ0) is 16.4. The van der Waals surface area contributed by atoms with E-state index in [2.05, 4.69) is 26.3 Å². The second-order valence-electron chi connectivity index (χ2n) is 6.15. The zero-order valence-electron chi connectivity index (χ0n) is 13.4. The number of para-hydroxylation sites is 1. The first-order valence-electron chi connectivity index (χ1n) is 8.33. The maximum atomic E-state index is 13.4. The third kappa shape index (κ3) is 2.57. The fourth-order valence-corrected chi connectivity index (χ4v) is 3.52. The van der Waals surface area contributed by atoms with E-state index >= 15 is 0 Å². The average molecular weight is 324 g/mol. The number of Topliss-reactive ketones (excluding diaryl/α,β-unsaturated/α-hetero) is 1. The number of ether oxygens (including phenoxy) is 1. The second kappa shape index (κ2) is 6.30. The lowest BCUT2D eigenvalue weighted by Gasteiger charge is -2.46. The number of aryl methyl sites for hydroxylation is 1. The van der Waals surface area contributed by atoms with E-state index in [4.69, 9.17) is 4.74 Å². The van der Waals surface area contributed by atoms with Gasteiger partial charge in [-0.15, -0.1) is 0 Å². The Morgan fingerprint density at radius 3 is 2.83 bits per heavy atom. The number of aromatic nitrogens is 2. The molecule has 0 aliphatic carbocycles. The number of piperazine rings is 1. The molecule has 2 aliphatic heterocycles. The van der Waals surface area contributed by atoms with Gasteiger partial charge in [0.15, 0.2) is 0 Å². The van der Waals surface area contributed by atoms with Crippen molar-refractivity contribution >= 4 is 5.78 Å². The quantitative estimate of drug-likeness (QED) is 0.858. The van der Waals surface area contributed by atoms with Crippen LogP contribution in [0, 0.1) is 0 Å². The molecule has 1 atom stereocenters. The van der Waals surface area contributed by atoms with Gasteiger partial charge in [0.1, 0.15) is 17.8 Å². The highest BCUT2D eigenvalue weighted by atomic mass is 16.5. The van der Waals surface area contributed by atoms with Crippen molar-refractivity contribution in [3.63, 3.8) is 0 Å². The van der Waals surface area contributed by atoms with Gasteiger partial charge in [0, 0.05) is 38.8 Å². The van der Waals surface area contributed by atoms with Crippen molar-refractivity contribution in [2.75, 3.05) is 26.2 Å².